The largest absolute Gasteiger partial charge is 0.489 e. The topological polar surface area (TPSA) is 77.6 Å². The third-order valence-corrected chi connectivity index (χ3v) is 4.35. The smallest absolute Gasteiger partial charge is 0.138 e. The van der Waals surface area contributed by atoms with E-state index in [9.17, 15) is 0 Å². The van der Waals surface area contributed by atoms with Gasteiger partial charge in [-0.15, -0.1) is 0 Å². The first-order valence-corrected chi connectivity index (χ1v) is 7.48. The second kappa shape index (κ2) is 5.83. The van der Waals surface area contributed by atoms with Crippen molar-refractivity contribution in [3.8, 4) is 5.75 Å². The Morgan fingerprint density at radius 2 is 2.29 bits per heavy atom. The molecule has 2 unspecified atom stereocenters. The van der Waals surface area contributed by atoms with Crippen LogP contribution in [-0.2, 0) is 9.47 Å². The van der Waals surface area contributed by atoms with Crippen molar-refractivity contribution >= 4 is 17.4 Å². The molecular formula is C15H19ClN2O3. The van der Waals surface area contributed by atoms with Crippen LogP contribution in [0.15, 0.2) is 18.2 Å². The average molecular weight is 311 g/mol. The van der Waals surface area contributed by atoms with E-state index < -0.39 is 0 Å². The molecule has 6 heteroatoms. The Kier molecular flexibility index (Phi) is 4.06. The lowest BCUT2D eigenvalue weighted by Gasteiger charge is -2.37. The molecule has 0 aromatic heterocycles. The Bertz CT molecular complexity index is 544. The molecule has 0 bridgehead atoms. The highest BCUT2D eigenvalue weighted by Gasteiger charge is 2.41. The van der Waals surface area contributed by atoms with Crippen molar-refractivity contribution in [2.45, 2.75) is 31.0 Å². The molecule has 3 N–H and O–H groups in total. The number of benzene rings is 1. The van der Waals surface area contributed by atoms with Crippen LogP contribution >= 0.6 is 11.6 Å². The molecule has 2 saturated heterocycles. The predicted octanol–water partition coefficient (Wildman–Crippen LogP) is 2.34. The Hall–Kier alpha value is -1.30. The van der Waals surface area contributed by atoms with Gasteiger partial charge in [0.1, 0.15) is 17.7 Å². The van der Waals surface area contributed by atoms with Crippen LogP contribution < -0.4 is 10.5 Å². The maximum absolute atomic E-state index is 7.41. The lowest BCUT2D eigenvalue weighted by atomic mass is 9.91. The average Bonchev–Trinajstić information content (AvgIpc) is 2.89. The number of nitrogens with one attached hydrogen (secondary N) is 1. The Labute approximate surface area is 128 Å². The van der Waals surface area contributed by atoms with Crippen LogP contribution in [0.4, 0.5) is 0 Å². The van der Waals surface area contributed by atoms with Gasteiger partial charge in [0.05, 0.1) is 23.8 Å². The third-order valence-electron chi connectivity index (χ3n) is 4.05. The van der Waals surface area contributed by atoms with Crippen LogP contribution in [0.25, 0.3) is 0 Å². The molecule has 2 atom stereocenters. The second-order valence-corrected chi connectivity index (χ2v) is 6.03. The molecule has 5 nitrogen and oxygen atoms in total. The lowest BCUT2D eigenvalue weighted by molar-refractivity contribution is -0.112. The zero-order chi connectivity index (χ0) is 14.9. The number of nitrogen functional groups attached to an aromatic ring is 1. The van der Waals surface area contributed by atoms with Crippen molar-refractivity contribution in [2.24, 2.45) is 5.73 Å². The first-order valence-electron chi connectivity index (χ1n) is 7.10. The van der Waals surface area contributed by atoms with Gasteiger partial charge in [-0.25, -0.2) is 0 Å². The Morgan fingerprint density at radius 3 is 2.95 bits per heavy atom. The van der Waals surface area contributed by atoms with E-state index >= 15 is 0 Å². The summed E-state index contributed by atoms with van der Waals surface area (Å²) in [7, 11) is 0. The Morgan fingerprint density at radius 1 is 1.43 bits per heavy atom. The fourth-order valence-electron chi connectivity index (χ4n) is 2.89. The standard InChI is InChI=1S/C15H19ClN2O3/c16-12-7-10(14(17)18)1-2-13(12)21-11-3-5-20-15(8-11)4-6-19-9-15/h1-2,7,11H,3-6,8-9H2,(H3,17,18). The molecule has 114 valence electrons. The molecular weight excluding hydrogens is 292 g/mol. The minimum absolute atomic E-state index is 0.00317. The van der Waals surface area contributed by atoms with Gasteiger partial charge < -0.3 is 19.9 Å². The molecule has 2 aliphatic rings. The minimum Gasteiger partial charge on any atom is -0.489 e. The van der Waals surface area contributed by atoms with E-state index in [0.717, 1.165) is 25.9 Å². The summed E-state index contributed by atoms with van der Waals surface area (Å²) in [6.45, 7) is 2.07. The molecule has 2 fully saturated rings. The zero-order valence-corrected chi connectivity index (χ0v) is 12.5. The highest BCUT2D eigenvalue weighted by molar-refractivity contribution is 6.32. The molecule has 1 spiro atoms. The number of rotatable bonds is 3. The van der Waals surface area contributed by atoms with E-state index in [2.05, 4.69) is 0 Å². The number of hydrogen-bond acceptors (Lipinski definition) is 4. The summed E-state index contributed by atoms with van der Waals surface area (Å²) in [6, 6.07) is 5.18. The van der Waals surface area contributed by atoms with E-state index in [4.69, 9.17) is 37.0 Å². The predicted molar refractivity (Wildman–Crippen MR) is 80.2 cm³/mol. The number of ether oxygens (including phenoxy) is 3. The number of amidine groups is 1. The molecule has 3 rings (SSSR count). The van der Waals surface area contributed by atoms with Gasteiger partial charge in [-0.1, -0.05) is 11.6 Å². The van der Waals surface area contributed by atoms with Crippen molar-refractivity contribution in [1.82, 2.24) is 0 Å². The minimum atomic E-state index is -0.186. The van der Waals surface area contributed by atoms with Crippen LogP contribution in [0.2, 0.25) is 5.02 Å². The highest BCUT2D eigenvalue weighted by atomic mass is 35.5. The van der Waals surface area contributed by atoms with Gasteiger partial charge in [0.25, 0.3) is 0 Å². The molecule has 1 aromatic rings. The van der Waals surface area contributed by atoms with Crippen LogP contribution in [0.1, 0.15) is 24.8 Å². The van der Waals surface area contributed by atoms with E-state index in [0.29, 0.717) is 29.5 Å². The van der Waals surface area contributed by atoms with Gasteiger partial charge in [-0.05, 0) is 18.2 Å². The van der Waals surface area contributed by atoms with Crippen LogP contribution in [0.3, 0.4) is 0 Å². The SMILES string of the molecule is N=C(N)c1ccc(OC2CCOC3(CCOC3)C2)c(Cl)c1. The normalized spacial score (nSPS) is 28.7. The quantitative estimate of drug-likeness (QED) is 0.663. The van der Waals surface area contributed by atoms with Gasteiger partial charge in [-0.3, -0.25) is 5.41 Å². The molecule has 2 heterocycles. The summed E-state index contributed by atoms with van der Waals surface area (Å²) in [5, 5.41) is 7.89. The summed E-state index contributed by atoms with van der Waals surface area (Å²) in [6.07, 6.45) is 2.65. The summed E-state index contributed by atoms with van der Waals surface area (Å²) < 4.78 is 17.4. The number of nitrogens with two attached hydrogens (primary N) is 1. The molecule has 21 heavy (non-hydrogen) atoms. The van der Waals surface area contributed by atoms with Crippen molar-refractivity contribution in [1.29, 1.82) is 5.41 Å². The molecule has 0 radical (unpaired) electrons. The summed E-state index contributed by atoms with van der Waals surface area (Å²) in [4.78, 5) is 0. The summed E-state index contributed by atoms with van der Waals surface area (Å²) in [5.74, 6) is 0.624. The van der Waals surface area contributed by atoms with E-state index in [1.165, 1.54) is 0 Å². The van der Waals surface area contributed by atoms with Gasteiger partial charge in [-0.2, -0.15) is 0 Å². The van der Waals surface area contributed by atoms with E-state index in [1.807, 2.05) is 0 Å². The first kappa shape index (κ1) is 14.6. The van der Waals surface area contributed by atoms with Gasteiger partial charge in [0.15, 0.2) is 0 Å². The molecule has 1 aromatic carbocycles. The first-order chi connectivity index (χ1) is 10.1. The molecule has 0 saturated carbocycles. The van der Waals surface area contributed by atoms with Crippen LogP contribution in [0, 0.1) is 5.41 Å². The zero-order valence-electron chi connectivity index (χ0n) is 11.7. The summed E-state index contributed by atoms with van der Waals surface area (Å²) in [5.41, 5.74) is 5.86. The molecule has 0 aliphatic carbocycles. The lowest BCUT2D eigenvalue weighted by Crippen LogP contribution is -2.44. The molecule has 2 aliphatic heterocycles. The maximum atomic E-state index is 7.41. The molecule has 0 amide bonds. The summed E-state index contributed by atoms with van der Waals surface area (Å²) >= 11 is 6.21. The fourth-order valence-corrected chi connectivity index (χ4v) is 3.12. The van der Waals surface area contributed by atoms with E-state index in [1.54, 1.807) is 18.2 Å². The van der Waals surface area contributed by atoms with Gasteiger partial charge in [0, 0.05) is 31.4 Å². The fraction of sp³-hybridized carbons (Fsp3) is 0.533. The second-order valence-electron chi connectivity index (χ2n) is 5.63. The van der Waals surface area contributed by atoms with Crippen molar-refractivity contribution in [3.63, 3.8) is 0 Å². The highest BCUT2D eigenvalue weighted by Crippen LogP contribution is 2.36. The van der Waals surface area contributed by atoms with Gasteiger partial charge >= 0.3 is 0 Å². The van der Waals surface area contributed by atoms with Crippen molar-refractivity contribution < 1.29 is 14.2 Å². The number of hydrogen-bond donors (Lipinski definition) is 2. The Balaban J connectivity index is 1.70. The van der Waals surface area contributed by atoms with Gasteiger partial charge in [0.2, 0.25) is 0 Å². The van der Waals surface area contributed by atoms with Crippen molar-refractivity contribution in [3.05, 3.63) is 28.8 Å². The van der Waals surface area contributed by atoms with E-state index in [-0.39, 0.29) is 17.5 Å². The maximum Gasteiger partial charge on any atom is 0.138 e. The number of halogens is 1. The van der Waals surface area contributed by atoms with Crippen LogP contribution in [-0.4, -0.2) is 37.4 Å². The van der Waals surface area contributed by atoms with Crippen LogP contribution in [0.5, 0.6) is 5.75 Å². The third kappa shape index (κ3) is 3.15. The monoisotopic (exact) mass is 310 g/mol. The van der Waals surface area contributed by atoms with Crippen molar-refractivity contribution in [2.75, 3.05) is 19.8 Å².